The van der Waals surface area contributed by atoms with Crippen LogP contribution in [0.1, 0.15) is 61.6 Å². The Bertz CT molecular complexity index is 2250. The van der Waals surface area contributed by atoms with Gasteiger partial charge in [-0.15, -0.1) is 0 Å². The van der Waals surface area contributed by atoms with Gasteiger partial charge in [0.1, 0.15) is 6.61 Å². The number of halogens is 2. The van der Waals surface area contributed by atoms with Crippen molar-refractivity contribution in [2.75, 3.05) is 56.1 Å². The molecule has 0 saturated carbocycles. The first kappa shape index (κ1) is 40.0. The van der Waals surface area contributed by atoms with Crippen LogP contribution in [0.15, 0.2) is 53.7 Å². The normalized spacial score (nSPS) is 18.5. The highest BCUT2D eigenvalue weighted by atomic mass is 32.2. The van der Waals surface area contributed by atoms with Crippen LogP contribution in [-0.4, -0.2) is 108 Å². The van der Waals surface area contributed by atoms with Gasteiger partial charge in [-0.1, -0.05) is 13.0 Å². The minimum atomic E-state index is -3.81. The lowest BCUT2D eigenvalue weighted by atomic mass is 9.88. The van der Waals surface area contributed by atoms with Crippen LogP contribution in [0, 0.1) is 17.2 Å². The molecule has 3 aliphatic heterocycles. The van der Waals surface area contributed by atoms with Crippen molar-refractivity contribution in [1.29, 1.82) is 5.26 Å². The molecule has 2 aromatic carbocycles. The van der Waals surface area contributed by atoms with Crippen molar-refractivity contribution in [1.82, 2.24) is 34.3 Å². The smallest absolute Gasteiger partial charge is 0.329 e. The number of carbonyl (C=O) groups is 2. The number of hydrogen-bond donors (Lipinski definition) is 2. The number of imide groups is 1. The molecule has 1 atom stereocenters. The maximum Gasteiger partial charge on any atom is 0.329 e. The Morgan fingerprint density at radius 2 is 1.75 bits per heavy atom. The van der Waals surface area contributed by atoms with Gasteiger partial charge in [0.15, 0.2) is 11.6 Å². The van der Waals surface area contributed by atoms with Gasteiger partial charge in [0.25, 0.3) is 6.43 Å². The fourth-order valence-electron chi connectivity index (χ4n) is 8.01. The number of benzene rings is 2. The Kier molecular flexibility index (Phi) is 12.0. The van der Waals surface area contributed by atoms with E-state index in [9.17, 15) is 32.0 Å². The molecular weight excluding hydrogens is 759 g/mol. The number of rotatable bonds is 13. The third kappa shape index (κ3) is 9.16. The van der Waals surface area contributed by atoms with Crippen LogP contribution in [0.5, 0.6) is 5.75 Å². The van der Waals surface area contributed by atoms with Crippen LogP contribution in [0.25, 0.3) is 10.9 Å². The lowest BCUT2D eigenvalue weighted by Gasteiger charge is -2.34. The Morgan fingerprint density at radius 3 is 2.44 bits per heavy atom. The van der Waals surface area contributed by atoms with Crippen molar-refractivity contribution in [2.24, 2.45) is 13.0 Å². The fraction of sp³-hybridized carbons (Fsp3) is 0.487. The van der Waals surface area contributed by atoms with Gasteiger partial charge in [0.05, 0.1) is 34.4 Å². The molecule has 2 N–H and O–H groups in total. The Morgan fingerprint density at radius 1 is 1.02 bits per heavy atom. The van der Waals surface area contributed by atoms with Crippen LogP contribution in [0.4, 0.5) is 25.3 Å². The maximum atomic E-state index is 13.8. The van der Waals surface area contributed by atoms with E-state index in [1.54, 1.807) is 16.8 Å². The van der Waals surface area contributed by atoms with Crippen LogP contribution >= 0.6 is 0 Å². The number of ether oxygens (including phenoxy) is 1. The average Bonchev–Trinajstić information content (AvgIpc) is 3.52. The van der Waals surface area contributed by atoms with E-state index in [2.05, 4.69) is 55.7 Å². The predicted octanol–water partition coefficient (Wildman–Crippen LogP) is 4.65. The number of hydrogen-bond acceptors (Lipinski definition) is 11. The highest BCUT2D eigenvalue weighted by molar-refractivity contribution is 7.89. The summed E-state index contributed by atoms with van der Waals surface area (Å²) in [5, 5.41) is 20.9. The van der Waals surface area contributed by atoms with E-state index in [0.29, 0.717) is 54.6 Å². The van der Waals surface area contributed by atoms with Crippen molar-refractivity contribution in [3.8, 4) is 11.8 Å². The first-order valence-corrected chi connectivity index (χ1v) is 20.6. The number of amides is 3. The van der Waals surface area contributed by atoms with E-state index >= 15 is 0 Å². The molecule has 7 rings (SSSR count). The van der Waals surface area contributed by atoms with Gasteiger partial charge >= 0.3 is 6.03 Å². The molecule has 5 heterocycles. The molecule has 1 unspecified atom stereocenters. The number of nitrogens with one attached hydrogen (secondary N) is 2. The predicted molar refractivity (Wildman–Crippen MR) is 208 cm³/mol. The van der Waals surface area contributed by atoms with E-state index < -0.39 is 29.1 Å². The molecule has 0 aliphatic carbocycles. The minimum Gasteiger partial charge on any atom is -0.484 e. The van der Waals surface area contributed by atoms with E-state index in [1.165, 1.54) is 33.2 Å². The molecular formula is C39H46F2N10O5S. The lowest BCUT2D eigenvalue weighted by Crippen LogP contribution is -2.49. The average molecular weight is 805 g/mol. The Hall–Kier alpha value is -5.25. The summed E-state index contributed by atoms with van der Waals surface area (Å²) in [6.07, 6.45) is 3.81. The summed E-state index contributed by atoms with van der Waals surface area (Å²) in [4.78, 5) is 36.5. The van der Waals surface area contributed by atoms with E-state index in [1.807, 2.05) is 13.1 Å². The third-order valence-corrected chi connectivity index (χ3v) is 12.9. The van der Waals surface area contributed by atoms with Crippen molar-refractivity contribution in [3.05, 3.63) is 65.5 Å². The Labute approximate surface area is 330 Å². The summed E-state index contributed by atoms with van der Waals surface area (Å²) >= 11 is 0. The maximum absolute atomic E-state index is 13.8. The topological polar surface area (TPSA) is 179 Å². The second kappa shape index (κ2) is 17.1. The number of carbonyl (C=O) groups excluding carboxylic acids is 2. The lowest BCUT2D eigenvalue weighted by molar-refractivity contribution is -0.120. The van der Waals surface area contributed by atoms with E-state index in [4.69, 9.17) is 4.74 Å². The molecule has 0 radical (unpaired) electrons. The number of nitrogens with zero attached hydrogens (tertiary/aromatic N) is 8. The zero-order valence-corrected chi connectivity index (χ0v) is 32.7. The first-order chi connectivity index (χ1) is 27.4. The van der Waals surface area contributed by atoms with Gasteiger partial charge < -0.3 is 15.0 Å². The van der Waals surface area contributed by atoms with Gasteiger partial charge in [0.2, 0.25) is 21.9 Å². The van der Waals surface area contributed by atoms with Crippen LogP contribution < -0.4 is 20.3 Å². The summed E-state index contributed by atoms with van der Waals surface area (Å²) in [7, 11) is -1.95. The van der Waals surface area contributed by atoms with Gasteiger partial charge in [-0.2, -0.15) is 14.7 Å². The first-order valence-electron chi connectivity index (χ1n) is 19.2. The number of fused-ring (bicyclic) bond motifs is 1. The van der Waals surface area contributed by atoms with Gasteiger partial charge in [-0.25, -0.2) is 32.0 Å². The van der Waals surface area contributed by atoms with Crippen LogP contribution in [-0.2, 0) is 28.3 Å². The highest BCUT2D eigenvalue weighted by Gasteiger charge is 2.32. The summed E-state index contributed by atoms with van der Waals surface area (Å²) in [6, 6.07) is 12.8. The number of anilines is 2. The molecule has 3 amide bonds. The summed E-state index contributed by atoms with van der Waals surface area (Å²) in [5.74, 6) is 1.25. The quantitative estimate of drug-likeness (QED) is 0.192. The third-order valence-electron chi connectivity index (χ3n) is 11.0. The number of aromatic nitrogens is 4. The minimum absolute atomic E-state index is 0.0742. The number of likely N-dealkylation sites (tertiary alicyclic amines) is 1. The summed E-state index contributed by atoms with van der Waals surface area (Å²) in [6.45, 7) is 4.88. The van der Waals surface area contributed by atoms with Crippen molar-refractivity contribution in [2.45, 2.75) is 68.7 Å². The second-order valence-corrected chi connectivity index (χ2v) is 17.0. The zero-order valence-electron chi connectivity index (χ0n) is 31.9. The molecule has 18 heteroatoms. The number of urea groups is 1. The molecule has 15 nitrogen and oxygen atoms in total. The van der Waals surface area contributed by atoms with Gasteiger partial charge in [0, 0.05) is 51.1 Å². The summed E-state index contributed by atoms with van der Waals surface area (Å²) in [5.41, 5.74) is 3.34. The van der Waals surface area contributed by atoms with E-state index in [0.717, 1.165) is 43.4 Å². The van der Waals surface area contributed by atoms with Crippen molar-refractivity contribution in [3.63, 3.8) is 0 Å². The largest absolute Gasteiger partial charge is 0.484 e. The van der Waals surface area contributed by atoms with Gasteiger partial charge in [-0.05, 0) is 98.5 Å². The monoisotopic (exact) mass is 804 g/mol. The molecule has 2 aromatic heterocycles. The number of sulfonamides is 1. The summed E-state index contributed by atoms with van der Waals surface area (Å²) < 4.78 is 60.5. The number of aryl methyl sites for hydroxylation is 1. The second-order valence-electron chi connectivity index (χ2n) is 15.1. The standard InChI is InChI=1S/C39H46F2N10O5S/c1-25(23-49-12-7-26(8-13-49)27-4-6-33-34(19-27)48(2)47-37(33)51-16-11-36(52)46-39(51)53)17-29-18-32(5-3-28(29)20-42)57(54,55)50-14-9-30(10-15-50)45-38-43-21-31(22-44-38)56-24-35(40)41/h3-6,18-19,21-22,25-26,30,35H,7-17,23-24H2,1-2H3,(H,43,44,45)(H,46,52,53). The number of nitriles is 1. The molecule has 302 valence electrons. The van der Waals surface area contributed by atoms with E-state index in [-0.39, 0.29) is 48.0 Å². The molecule has 4 aromatic rings. The molecule has 3 saturated heterocycles. The Balaban J connectivity index is 0.915. The van der Waals surface area contributed by atoms with Crippen LogP contribution in [0.3, 0.4) is 0 Å². The molecule has 0 spiro atoms. The van der Waals surface area contributed by atoms with Crippen molar-refractivity contribution < 1.29 is 31.5 Å². The zero-order chi connectivity index (χ0) is 40.3. The van der Waals surface area contributed by atoms with Crippen LogP contribution in [0.2, 0.25) is 0 Å². The highest BCUT2D eigenvalue weighted by Crippen LogP contribution is 2.34. The number of piperidine rings is 2. The van der Waals surface area contributed by atoms with Gasteiger partial charge in [-0.3, -0.25) is 19.7 Å². The molecule has 0 bridgehead atoms. The molecule has 3 aliphatic rings. The molecule has 3 fully saturated rings. The van der Waals surface area contributed by atoms with Crippen molar-refractivity contribution >= 4 is 44.6 Å². The molecule has 57 heavy (non-hydrogen) atoms. The fourth-order valence-corrected chi connectivity index (χ4v) is 9.53. The SMILES string of the molecule is CC(Cc1cc(S(=O)(=O)N2CCC(Nc3ncc(OCC(F)F)cn3)CC2)ccc1C#N)CN1CCC(c2ccc3c(N4CCC(=O)NC4=O)nn(C)c3c2)CC1. The number of alkyl halides is 2.